The molecule has 1 atom stereocenters. The number of hydrogen-bond donors (Lipinski definition) is 2. The molecule has 1 aromatic rings. The minimum atomic E-state index is -0.529. The highest BCUT2D eigenvalue weighted by Crippen LogP contribution is 2.24. The molecule has 0 bridgehead atoms. The van der Waals surface area contributed by atoms with Gasteiger partial charge in [-0.1, -0.05) is 0 Å². The normalized spacial score (nSPS) is 12.8. The van der Waals surface area contributed by atoms with Gasteiger partial charge in [-0.3, -0.25) is 0 Å². The van der Waals surface area contributed by atoms with Crippen molar-refractivity contribution >= 4 is 6.09 Å². The fourth-order valence-electron chi connectivity index (χ4n) is 2.10. The number of carbonyl (C=O) groups is 1. The first-order valence-electron chi connectivity index (χ1n) is 7.83. The summed E-state index contributed by atoms with van der Waals surface area (Å²) in [6, 6.07) is 3.62. The maximum absolute atomic E-state index is 13.3. The minimum absolute atomic E-state index is 0.0471. The second kappa shape index (κ2) is 8.15. The molecule has 5 nitrogen and oxygen atoms in total. The van der Waals surface area contributed by atoms with Crippen LogP contribution in [0.3, 0.4) is 0 Å². The predicted octanol–water partition coefficient (Wildman–Crippen LogP) is 3.44. The lowest BCUT2D eigenvalue weighted by atomic mass is 10.1. The summed E-state index contributed by atoms with van der Waals surface area (Å²) in [5.41, 5.74) is -0.0382. The zero-order chi connectivity index (χ0) is 17.6. The third kappa shape index (κ3) is 6.44. The van der Waals surface area contributed by atoms with Crippen LogP contribution in [-0.2, 0) is 4.74 Å². The Morgan fingerprint density at radius 3 is 2.65 bits per heavy atom. The van der Waals surface area contributed by atoms with Gasteiger partial charge >= 0.3 is 6.09 Å². The van der Waals surface area contributed by atoms with Crippen LogP contribution in [0.2, 0.25) is 0 Å². The van der Waals surface area contributed by atoms with E-state index in [9.17, 15) is 14.3 Å². The van der Waals surface area contributed by atoms with Gasteiger partial charge in [-0.05, 0) is 52.8 Å². The quantitative estimate of drug-likeness (QED) is 0.840. The largest absolute Gasteiger partial charge is 0.508 e. The first-order chi connectivity index (χ1) is 10.6. The molecular weight excluding hydrogens is 299 g/mol. The van der Waals surface area contributed by atoms with E-state index in [1.807, 2.05) is 34.6 Å². The summed E-state index contributed by atoms with van der Waals surface area (Å²) >= 11 is 0. The summed E-state index contributed by atoms with van der Waals surface area (Å²) in [5, 5.41) is 13.0. The maximum atomic E-state index is 13.3. The summed E-state index contributed by atoms with van der Waals surface area (Å²) < 4.78 is 18.6. The Bertz CT molecular complexity index is 529. The van der Waals surface area contributed by atoms with E-state index in [0.717, 1.165) is 0 Å². The van der Waals surface area contributed by atoms with Crippen molar-refractivity contribution in [3.05, 3.63) is 29.6 Å². The van der Waals surface area contributed by atoms with Crippen molar-refractivity contribution in [1.29, 1.82) is 0 Å². The molecule has 6 heteroatoms. The van der Waals surface area contributed by atoms with Crippen LogP contribution < -0.4 is 5.32 Å². The molecule has 0 fully saturated rings. The highest BCUT2D eigenvalue weighted by atomic mass is 19.1. The average molecular weight is 326 g/mol. The number of likely N-dealkylation sites (N-methyl/N-ethyl adjacent to an activating group) is 1. The van der Waals surface area contributed by atoms with Crippen LogP contribution in [0.1, 0.15) is 46.2 Å². The highest BCUT2D eigenvalue weighted by molar-refractivity contribution is 5.68. The summed E-state index contributed by atoms with van der Waals surface area (Å²) in [6.45, 7) is 10.7. The van der Waals surface area contributed by atoms with Crippen LogP contribution in [0.25, 0.3) is 0 Å². The van der Waals surface area contributed by atoms with E-state index in [4.69, 9.17) is 4.74 Å². The average Bonchev–Trinajstić information content (AvgIpc) is 2.44. The van der Waals surface area contributed by atoms with Crippen molar-refractivity contribution in [3.63, 3.8) is 0 Å². The smallest absolute Gasteiger partial charge is 0.410 e. The Morgan fingerprint density at radius 1 is 1.43 bits per heavy atom. The number of nitrogens with zero attached hydrogens (tertiary/aromatic N) is 1. The predicted molar refractivity (Wildman–Crippen MR) is 88.0 cm³/mol. The number of carbonyl (C=O) groups excluding carboxylic acids is 1. The van der Waals surface area contributed by atoms with Gasteiger partial charge in [0, 0.05) is 31.2 Å². The number of benzene rings is 1. The van der Waals surface area contributed by atoms with Crippen molar-refractivity contribution in [1.82, 2.24) is 10.2 Å². The molecule has 0 aliphatic carbocycles. The highest BCUT2D eigenvalue weighted by Gasteiger charge is 2.21. The second-order valence-electron chi connectivity index (χ2n) is 6.44. The van der Waals surface area contributed by atoms with E-state index >= 15 is 0 Å². The van der Waals surface area contributed by atoms with Crippen LogP contribution in [0.4, 0.5) is 9.18 Å². The standard InChI is InChI=1S/C17H27FN2O3/c1-6-20(16(22)23-17(3,4)5)10-9-19-12(2)14-11-13(18)7-8-15(14)21/h7-8,11-12,19,21H,6,9-10H2,1-5H3. The summed E-state index contributed by atoms with van der Waals surface area (Å²) in [6.07, 6.45) is -0.358. The van der Waals surface area contributed by atoms with Crippen LogP contribution in [0, 0.1) is 5.82 Å². The molecule has 23 heavy (non-hydrogen) atoms. The number of amides is 1. The topological polar surface area (TPSA) is 61.8 Å². The Hall–Kier alpha value is -1.82. The van der Waals surface area contributed by atoms with Crippen molar-refractivity contribution in [2.75, 3.05) is 19.6 Å². The van der Waals surface area contributed by atoms with E-state index in [-0.39, 0.29) is 17.9 Å². The third-order valence-corrected chi connectivity index (χ3v) is 3.32. The van der Waals surface area contributed by atoms with E-state index in [2.05, 4.69) is 5.32 Å². The molecule has 0 heterocycles. The number of ether oxygens (including phenoxy) is 1. The number of rotatable bonds is 6. The maximum Gasteiger partial charge on any atom is 0.410 e. The van der Waals surface area contributed by atoms with Crippen LogP contribution >= 0.6 is 0 Å². The van der Waals surface area contributed by atoms with Crippen LogP contribution in [0.15, 0.2) is 18.2 Å². The number of phenols is 1. The number of aromatic hydroxyl groups is 1. The molecule has 1 aromatic carbocycles. The molecule has 2 N–H and O–H groups in total. The van der Waals surface area contributed by atoms with E-state index in [1.54, 1.807) is 4.90 Å². The number of hydrogen-bond acceptors (Lipinski definition) is 4. The second-order valence-corrected chi connectivity index (χ2v) is 6.44. The summed E-state index contributed by atoms with van der Waals surface area (Å²) in [5.74, 6) is -0.346. The fraction of sp³-hybridized carbons (Fsp3) is 0.588. The van der Waals surface area contributed by atoms with E-state index in [0.29, 0.717) is 25.2 Å². The third-order valence-electron chi connectivity index (χ3n) is 3.32. The number of halogens is 1. The SMILES string of the molecule is CCN(CCNC(C)c1cc(F)ccc1O)C(=O)OC(C)(C)C. The molecule has 1 amide bonds. The molecule has 0 aliphatic rings. The number of nitrogens with one attached hydrogen (secondary N) is 1. The Morgan fingerprint density at radius 2 is 2.09 bits per heavy atom. The first-order valence-corrected chi connectivity index (χ1v) is 7.83. The van der Waals surface area contributed by atoms with Crippen molar-refractivity contribution in [2.24, 2.45) is 0 Å². The molecule has 130 valence electrons. The number of phenolic OH excluding ortho intramolecular Hbond substituents is 1. The molecular formula is C17H27FN2O3. The van der Waals surface area contributed by atoms with Gasteiger partial charge in [0.25, 0.3) is 0 Å². The lowest BCUT2D eigenvalue weighted by molar-refractivity contribution is 0.0261. The van der Waals surface area contributed by atoms with Crippen molar-refractivity contribution < 1.29 is 19.0 Å². The molecule has 1 rings (SSSR count). The van der Waals surface area contributed by atoms with Crippen molar-refractivity contribution in [3.8, 4) is 5.75 Å². The molecule has 0 spiro atoms. The molecule has 0 saturated carbocycles. The Kier molecular flexibility index (Phi) is 6.81. The lowest BCUT2D eigenvalue weighted by Gasteiger charge is -2.27. The molecule has 0 radical (unpaired) electrons. The Labute approximate surface area is 137 Å². The van der Waals surface area contributed by atoms with Gasteiger partial charge in [-0.15, -0.1) is 0 Å². The van der Waals surface area contributed by atoms with Crippen molar-refractivity contribution in [2.45, 2.75) is 46.3 Å². The first kappa shape index (κ1) is 19.2. The van der Waals surface area contributed by atoms with Gasteiger partial charge in [0.05, 0.1) is 0 Å². The minimum Gasteiger partial charge on any atom is -0.508 e. The van der Waals surface area contributed by atoms with Gasteiger partial charge in [-0.25, -0.2) is 9.18 Å². The molecule has 0 saturated heterocycles. The van der Waals surface area contributed by atoms with E-state index in [1.165, 1.54) is 18.2 Å². The van der Waals surface area contributed by atoms with Gasteiger partial charge in [0.2, 0.25) is 0 Å². The molecule has 0 aromatic heterocycles. The van der Waals surface area contributed by atoms with Gasteiger partial charge < -0.3 is 20.1 Å². The van der Waals surface area contributed by atoms with Gasteiger partial charge in [0.1, 0.15) is 17.2 Å². The van der Waals surface area contributed by atoms with Gasteiger partial charge in [0.15, 0.2) is 0 Å². The zero-order valence-electron chi connectivity index (χ0n) is 14.5. The summed E-state index contributed by atoms with van der Waals surface area (Å²) in [7, 11) is 0. The van der Waals surface area contributed by atoms with Gasteiger partial charge in [-0.2, -0.15) is 0 Å². The van der Waals surface area contributed by atoms with E-state index < -0.39 is 11.4 Å². The summed E-state index contributed by atoms with van der Waals surface area (Å²) in [4.78, 5) is 13.6. The fourth-order valence-corrected chi connectivity index (χ4v) is 2.10. The van der Waals surface area contributed by atoms with Crippen LogP contribution in [0.5, 0.6) is 5.75 Å². The monoisotopic (exact) mass is 326 g/mol. The van der Waals surface area contributed by atoms with Crippen LogP contribution in [-0.4, -0.2) is 41.3 Å². The molecule has 0 aliphatic heterocycles. The zero-order valence-corrected chi connectivity index (χ0v) is 14.5. The molecule has 1 unspecified atom stereocenters. The lowest BCUT2D eigenvalue weighted by Crippen LogP contribution is -2.40. The Balaban J connectivity index is 2.54.